The number of hydrogen-bond donors (Lipinski definition) is 1. The predicted molar refractivity (Wildman–Crippen MR) is 72.2 cm³/mol. The minimum absolute atomic E-state index is 0.156. The van der Waals surface area contributed by atoms with E-state index >= 15 is 0 Å². The van der Waals surface area contributed by atoms with E-state index in [1.807, 2.05) is 20.8 Å². The van der Waals surface area contributed by atoms with Gasteiger partial charge < -0.3 is 5.32 Å². The first kappa shape index (κ1) is 13.3. The molecule has 2 aromatic heterocycles. The van der Waals surface area contributed by atoms with Crippen molar-refractivity contribution in [1.82, 2.24) is 24.5 Å². The highest BCUT2D eigenvalue weighted by Gasteiger charge is 2.09. The molecule has 19 heavy (non-hydrogen) atoms. The van der Waals surface area contributed by atoms with E-state index in [1.54, 1.807) is 10.9 Å². The van der Waals surface area contributed by atoms with Crippen LogP contribution in [0.25, 0.3) is 0 Å². The maximum atomic E-state index is 11.9. The fourth-order valence-electron chi connectivity index (χ4n) is 1.81. The molecular weight excluding hydrogens is 244 g/mol. The van der Waals surface area contributed by atoms with Gasteiger partial charge in [-0.3, -0.25) is 4.79 Å². The van der Waals surface area contributed by atoms with Crippen LogP contribution in [0.3, 0.4) is 0 Å². The second kappa shape index (κ2) is 5.64. The Kier molecular flexibility index (Phi) is 3.94. The lowest BCUT2D eigenvalue weighted by Gasteiger charge is -2.10. The fourth-order valence-corrected chi connectivity index (χ4v) is 1.81. The van der Waals surface area contributed by atoms with E-state index in [9.17, 15) is 4.79 Å². The summed E-state index contributed by atoms with van der Waals surface area (Å²) in [6.07, 6.45) is 3.13. The van der Waals surface area contributed by atoms with Crippen molar-refractivity contribution in [1.29, 1.82) is 0 Å². The third-order valence-corrected chi connectivity index (χ3v) is 2.68. The van der Waals surface area contributed by atoms with Crippen molar-refractivity contribution in [3.8, 4) is 0 Å². The molecule has 0 aliphatic carbocycles. The maximum Gasteiger partial charge on any atom is 0.269 e. The second-order valence-electron chi connectivity index (χ2n) is 4.49. The van der Waals surface area contributed by atoms with Crippen molar-refractivity contribution in [2.45, 2.75) is 33.4 Å². The molecule has 102 valence electrons. The zero-order valence-electron chi connectivity index (χ0n) is 11.4. The molecule has 0 atom stereocenters. The lowest BCUT2D eigenvalue weighted by atomic mass is 10.4. The number of aromatic nitrogens is 5. The molecule has 0 saturated heterocycles. The third-order valence-electron chi connectivity index (χ3n) is 2.68. The van der Waals surface area contributed by atoms with Crippen LogP contribution in [0.15, 0.2) is 23.4 Å². The zero-order valence-corrected chi connectivity index (χ0v) is 11.4. The number of hydrogen-bond acceptors (Lipinski definition) is 5. The molecule has 0 saturated carbocycles. The summed E-state index contributed by atoms with van der Waals surface area (Å²) in [4.78, 5) is 16.1. The minimum atomic E-state index is -0.156. The Morgan fingerprint density at radius 3 is 2.79 bits per heavy atom. The van der Waals surface area contributed by atoms with Gasteiger partial charge >= 0.3 is 0 Å². The van der Waals surface area contributed by atoms with Gasteiger partial charge in [-0.2, -0.15) is 10.2 Å². The Balaban J connectivity index is 2.24. The van der Waals surface area contributed by atoms with Crippen molar-refractivity contribution >= 4 is 5.69 Å². The summed E-state index contributed by atoms with van der Waals surface area (Å²) in [5.74, 6) is 0.723. The summed E-state index contributed by atoms with van der Waals surface area (Å²) >= 11 is 0. The highest BCUT2D eigenvalue weighted by Crippen LogP contribution is 2.06. The Labute approximate surface area is 111 Å². The van der Waals surface area contributed by atoms with Gasteiger partial charge in [0.05, 0.1) is 11.9 Å². The van der Waals surface area contributed by atoms with Gasteiger partial charge in [0, 0.05) is 18.7 Å². The molecule has 0 spiro atoms. The summed E-state index contributed by atoms with van der Waals surface area (Å²) in [7, 11) is 0. The monoisotopic (exact) mass is 262 g/mol. The molecule has 0 amide bonds. The Morgan fingerprint density at radius 2 is 2.16 bits per heavy atom. The van der Waals surface area contributed by atoms with E-state index in [1.165, 1.54) is 17.1 Å². The summed E-state index contributed by atoms with van der Waals surface area (Å²) in [5, 5.41) is 11.3. The first-order valence-corrected chi connectivity index (χ1v) is 6.31. The quantitative estimate of drug-likeness (QED) is 0.866. The van der Waals surface area contributed by atoms with E-state index in [4.69, 9.17) is 0 Å². The predicted octanol–water partition coefficient (Wildman–Crippen LogP) is 0.896. The van der Waals surface area contributed by atoms with E-state index in [0.29, 0.717) is 6.54 Å². The molecule has 2 aromatic rings. The molecule has 0 unspecified atom stereocenters. The Bertz CT molecular complexity index is 600. The molecule has 1 N–H and O–H groups in total. The zero-order chi connectivity index (χ0) is 13.8. The molecule has 0 aromatic carbocycles. The summed E-state index contributed by atoms with van der Waals surface area (Å²) in [5.41, 5.74) is 0.575. The smallest absolute Gasteiger partial charge is 0.269 e. The fraction of sp³-hybridized carbons (Fsp3) is 0.500. The average Bonchev–Trinajstić information content (AvgIpc) is 2.81. The van der Waals surface area contributed by atoms with Crippen LogP contribution in [0.1, 0.15) is 32.6 Å². The number of anilines is 1. The molecule has 2 rings (SSSR count). The van der Waals surface area contributed by atoms with Crippen molar-refractivity contribution in [2.75, 3.05) is 11.9 Å². The van der Waals surface area contributed by atoms with Crippen LogP contribution in [-0.4, -0.2) is 31.1 Å². The van der Waals surface area contributed by atoms with Crippen molar-refractivity contribution in [2.24, 2.45) is 0 Å². The van der Waals surface area contributed by atoms with E-state index < -0.39 is 0 Å². The largest absolute Gasteiger partial charge is 0.384 e. The molecule has 7 heteroatoms. The van der Waals surface area contributed by atoms with Gasteiger partial charge in [-0.15, -0.1) is 0 Å². The van der Waals surface area contributed by atoms with Gasteiger partial charge in [-0.1, -0.05) is 0 Å². The normalized spacial score (nSPS) is 10.9. The van der Waals surface area contributed by atoms with Crippen LogP contribution in [0.5, 0.6) is 0 Å². The van der Waals surface area contributed by atoms with E-state index in [2.05, 4.69) is 20.5 Å². The van der Waals surface area contributed by atoms with Crippen molar-refractivity contribution in [3.05, 3.63) is 34.8 Å². The van der Waals surface area contributed by atoms with Crippen molar-refractivity contribution < 1.29 is 0 Å². The lowest BCUT2D eigenvalue weighted by Crippen LogP contribution is -2.25. The molecule has 0 aliphatic heterocycles. The van der Waals surface area contributed by atoms with Crippen LogP contribution in [-0.2, 0) is 6.54 Å². The first-order valence-electron chi connectivity index (χ1n) is 6.31. The molecule has 0 fully saturated rings. The van der Waals surface area contributed by atoms with Crippen LogP contribution >= 0.6 is 0 Å². The first-order chi connectivity index (χ1) is 9.11. The van der Waals surface area contributed by atoms with Crippen LogP contribution in [0, 0.1) is 0 Å². The highest BCUT2D eigenvalue weighted by molar-refractivity contribution is 5.38. The molecular formula is C12H18N6O. The van der Waals surface area contributed by atoms with Gasteiger partial charge in [-0.05, 0) is 20.8 Å². The second-order valence-corrected chi connectivity index (χ2v) is 4.49. The number of rotatable bonds is 5. The average molecular weight is 262 g/mol. The van der Waals surface area contributed by atoms with Gasteiger partial charge in [0.1, 0.15) is 18.7 Å². The Morgan fingerprint density at radius 1 is 1.37 bits per heavy atom. The summed E-state index contributed by atoms with van der Waals surface area (Å²) in [6, 6.07) is 1.74. The van der Waals surface area contributed by atoms with Gasteiger partial charge in [0.2, 0.25) is 0 Å². The lowest BCUT2D eigenvalue weighted by molar-refractivity contribution is 0.482. The molecule has 0 radical (unpaired) electrons. The van der Waals surface area contributed by atoms with Gasteiger partial charge in [0.25, 0.3) is 5.56 Å². The van der Waals surface area contributed by atoms with Gasteiger partial charge in [-0.25, -0.2) is 14.3 Å². The van der Waals surface area contributed by atoms with Crippen LogP contribution in [0.4, 0.5) is 5.69 Å². The van der Waals surface area contributed by atoms with Crippen molar-refractivity contribution in [3.63, 3.8) is 0 Å². The number of nitrogens with one attached hydrogen (secondary N) is 1. The molecule has 0 aliphatic rings. The number of nitrogens with zero attached hydrogens (tertiary/aromatic N) is 5. The summed E-state index contributed by atoms with van der Waals surface area (Å²) in [6.45, 7) is 7.08. The molecule has 0 bridgehead atoms. The van der Waals surface area contributed by atoms with E-state index in [0.717, 1.165) is 18.1 Å². The SMILES string of the molecule is CCNc1cnn(Cc2ncnn2C(C)C)c(=O)c1. The standard InChI is InChI=1S/C12H18N6O/c1-4-13-10-5-12(19)17(15-6-10)7-11-14-8-16-18(11)9(2)3/h5-6,8-9,13H,4,7H2,1-3H3. The third kappa shape index (κ3) is 2.98. The highest BCUT2D eigenvalue weighted by atomic mass is 16.1. The Hall–Kier alpha value is -2.18. The molecule has 7 nitrogen and oxygen atoms in total. The van der Waals surface area contributed by atoms with Gasteiger partial charge in [0.15, 0.2) is 0 Å². The summed E-state index contributed by atoms with van der Waals surface area (Å²) < 4.78 is 3.16. The van der Waals surface area contributed by atoms with Crippen LogP contribution in [0.2, 0.25) is 0 Å². The molecule has 2 heterocycles. The topological polar surface area (TPSA) is 77.6 Å². The minimum Gasteiger partial charge on any atom is -0.384 e. The van der Waals surface area contributed by atoms with Crippen LogP contribution < -0.4 is 10.9 Å². The maximum absolute atomic E-state index is 11.9. The van der Waals surface area contributed by atoms with E-state index in [-0.39, 0.29) is 11.6 Å².